The minimum atomic E-state index is -5.04. The third-order valence-electron chi connectivity index (χ3n) is 1.46. The fourth-order valence-corrected chi connectivity index (χ4v) is 0.850. The molecule has 0 aliphatic rings. The van der Waals surface area contributed by atoms with Gasteiger partial charge in [0.2, 0.25) is 5.91 Å². The maximum absolute atomic E-state index is 12.3. The zero-order chi connectivity index (χ0) is 14.3. The summed E-state index contributed by atoms with van der Waals surface area (Å²) < 4.78 is 41.1. The number of hydrogen-bond donors (Lipinski definition) is 2. The van der Waals surface area contributed by atoms with Crippen molar-refractivity contribution in [2.75, 3.05) is 6.61 Å². The molecule has 0 bridgehead atoms. The van der Waals surface area contributed by atoms with Crippen molar-refractivity contribution < 1.29 is 37.4 Å². The Morgan fingerprint density at radius 3 is 2.28 bits per heavy atom. The van der Waals surface area contributed by atoms with Crippen molar-refractivity contribution in [2.45, 2.75) is 19.5 Å². The van der Waals surface area contributed by atoms with Crippen molar-refractivity contribution in [2.24, 2.45) is 0 Å². The Bertz CT molecular complexity index is 375. The van der Waals surface area contributed by atoms with Gasteiger partial charge in [0.1, 0.15) is 12.1 Å². The summed E-state index contributed by atoms with van der Waals surface area (Å²) in [5.74, 6) is -4.19. The van der Waals surface area contributed by atoms with Gasteiger partial charge in [0.05, 0.1) is 12.7 Å². The van der Waals surface area contributed by atoms with E-state index in [1.165, 1.54) is 12.2 Å². The van der Waals surface area contributed by atoms with Gasteiger partial charge in [-0.15, -0.1) is 0 Å². The average Bonchev–Trinajstić information content (AvgIpc) is 2.14. The van der Waals surface area contributed by atoms with Crippen LogP contribution < -0.4 is 5.32 Å². The Kier molecular flexibility index (Phi) is 5.86. The van der Waals surface area contributed by atoms with E-state index in [4.69, 9.17) is 5.11 Å². The largest absolute Gasteiger partial charge is 0.478 e. The summed E-state index contributed by atoms with van der Waals surface area (Å²) >= 11 is 0. The highest BCUT2D eigenvalue weighted by molar-refractivity contribution is 5.95. The molecule has 0 fully saturated rings. The van der Waals surface area contributed by atoms with Gasteiger partial charge >= 0.3 is 18.1 Å². The second-order valence-electron chi connectivity index (χ2n) is 2.92. The number of hydrogen-bond acceptors (Lipinski definition) is 4. The number of allylic oxidation sites excluding steroid dienone is 1. The monoisotopic (exact) mass is 269 g/mol. The SMILES string of the molecule is CCOC(=O)CC(=O)NC(=CC(=O)O)C(F)(F)F. The van der Waals surface area contributed by atoms with Crippen LogP contribution in [0.2, 0.25) is 0 Å². The molecule has 0 rings (SSSR count). The Morgan fingerprint density at radius 2 is 1.89 bits per heavy atom. The van der Waals surface area contributed by atoms with Gasteiger partial charge in [-0.3, -0.25) is 9.59 Å². The van der Waals surface area contributed by atoms with Crippen LogP contribution in [0.5, 0.6) is 0 Å². The Morgan fingerprint density at radius 1 is 1.33 bits per heavy atom. The lowest BCUT2D eigenvalue weighted by Gasteiger charge is -2.12. The van der Waals surface area contributed by atoms with E-state index < -0.39 is 36.1 Å². The first-order valence-corrected chi connectivity index (χ1v) is 4.64. The van der Waals surface area contributed by atoms with Gasteiger partial charge in [-0.05, 0) is 6.92 Å². The molecule has 0 aromatic heterocycles. The zero-order valence-electron chi connectivity index (χ0n) is 9.21. The first-order valence-electron chi connectivity index (χ1n) is 4.64. The fraction of sp³-hybridized carbons (Fsp3) is 0.444. The quantitative estimate of drug-likeness (QED) is 0.433. The lowest BCUT2D eigenvalue weighted by atomic mass is 10.3. The maximum atomic E-state index is 12.3. The molecule has 18 heavy (non-hydrogen) atoms. The smallest absolute Gasteiger partial charge is 0.431 e. The standard InChI is InChI=1S/C9H10F3NO5/c1-2-18-8(17)4-6(14)13-5(3-7(15)16)9(10,11)12/h3H,2,4H2,1H3,(H,13,14)(H,15,16). The van der Waals surface area contributed by atoms with Crippen LogP contribution in [-0.4, -0.2) is 35.7 Å². The molecule has 102 valence electrons. The number of carbonyl (C=O) groups is 3. The number of carboxylic acid groups (broad SMARTS) is 1. The van der Waals surface area contributed by atoms with Crippen molar-refractivity contribution in [3.8, 4) is 0 Å². The van der Waals surface area contributed by atoms with Crippen LogP contribution in [0.15, 0.2) is 11.8 Å². The molecular formula is C9H10F3NO5. The minimum absolute atomic E-state index is 0.0246. The number of carboxylic acids is 1. The number of esters is 1. The van der Waals surface area contributed by atoms with Crippen LogP contribution >= 0.6 is 0 Å². The molecule has 1 amide bonds. The predicted molar refractivity (Wildman–Crippen MR) is 51.2 cm³/mol. The summed E-state index contributed by atoms with van der Waals surface area (Å²) in [6.45, 7) is 1.44. The third kappa shape index (κ3) is 6.51. The number of aliphatic carboxylic acids is 1. The van der Waals surface area contributed by atoms with Gasteiger partial charge in [0.15, 0.2) is 0 Å². The molecule has 0 unspecified atom stereocenters. The molecule has 0 aromatic rings. The molecule has 0 aromatic carbocycles. The van der Waals surface area contributed by atoms with Crippen molar-refractivity contribution in [3.63, 3.8) is 0 Å². The topological polar surface area (TPSA) is 92.7 Å². The molecule has 0 aliphatic carbocycles. The first-order chi connectivity index (χ1) is 8.16. The average molecular weight is 269 g/mol. The predicted octanol–water partition coefficient (Wildman–Crippen LogP) is 0.587. The van der Waals surface area contributed by atoms with Crippen molar-refractivity contribution >= 4 is 17.8 Å². The summed E-state index contributed by atoms with van der Waals surface area (Å²) in [6.07, 6.45) is -6.17. The van der Waals surface area contributed by atoms with Gasteiger partial charge < -0.3 is 15.2 Å². The van der Waals surface area contributed by atoms with Gasteiger partial charge in [-0.25, -0.2) is 4.79 Å². The molecule has 2 N–H and O–H groups in total. The second kappa shape index (κ2) is 6.62. The highest BCUT2D eigenvalue weighted by Gasteiger charge is 2.36. The Hall–Kier alpha value is -2.06. The van der Waals surface area contributed by atoms with E-state index in [9.17, 15) is 27.6 Å². The van der Waals surface area contributed by atoms with E-state index in [0.29, 0.717) is 0 Å². The second-order valence-corrected chi connectivity index (χ2v) is 2.92. The lowest BCUT2D eigenvalue weighted by molar-refractivity contribution is -0.146. The molecular weight excluding hydrogens is 259 g/mol. The molecule has 0 spiro atoms. The number of ether oxygens (including phenoxy) is 1. The normalized spacial score (nSPS) is 11.9. The van der Waals surface area contributed by atoms with E-state index in [1.54, 1.807) is 0 Å². The van der Waals surface area contributed by atoms with Crippen molar-refractivity contribution in [3.05, 3.63) is 11.8 Å². The first kappa shape index (κ1) is 15.9. The van der Waals surface area contributed by atoms with Crippen LogP contribution in [0.1, 0.15) is 13.3 Å². The minimum Gasteiger partial charge on any atom is -0.478 e. The molecule has 0 heterocycles. The van der Waals surface area contributed by atoms with E-state index in [0.717, 1.165) is 0 Å². The van der Waals surface area contributed by atoms with Gasteiger partial charge in [-0.2, -0.15) is 13.2 Å². The lowest BCUT2D eigenvalue weighted by Crippen LogP contribution is -2.33. The maximum Gasteiger partial charge on any atom is 0.431 e. The van der Waals surface area contributed by atoms with E-state index in [-0.39, 0.29) is 12.7 Å². The summed E-state index contributed by atoms with van der Waals surface area (Å²) in [6, 6.07) is 0. The van der Waals surface area contributed by atoms with Crippen LogP contribution in [0.25, 0.3) is 0 Å². The molecule has 6 nitrogen and oxygen atoms in total. The summed E-state index contributed by atoms with van der Waals surface area (Å²) in [4.78, 5) is 32.0. The number of carbonyl (C=O) groups excluding carboxylic acids is 2. The van der Waals surface area contributed by atoms with Crippen LogP contribution in [0.3, 0.4) is 0 Å². The Balaban J connectivity index is 4.67. The molecule has 0 aliphatic heterocycles. The van der Waals surface area contributed by atoms with Crippen LogP contribution in [-0.2, 0) is 19.1 Å². The van der Waals surface area contributed by atoms with Crippen LogP contribution in [0.4, 0.5) is 13.2 Å². The van der Waals surface area contributed by atoms with Crippen LogP contribution in [0, 0.1) is 0 Å². The molecule has 9 heteroatoms. The number of alkyl halides is 3. The molecule has 0 saturated heterocycles. The number of nitrogens with one attached hydrogen (secondary N) is 1. The number of halogens is 3. The highest BCUT2D eigenvalue weighted by atomic mass is 19.4. The van der Waals surface area contributed by atoms with E-state index >= 15 is 0 Å². The van der Waals surface area contributed by atoms with Gasteiger partial charge in [-0.1, -0.05) is 0 Å². The van der Waals surface area contributed by atoms with Crippen molar-refractivity contribution in [1.29, 1.82) is 0 Å². The summed E-state index contributed by atoms with van der Waals surface area (Å²) in [5, 5.41) is 9.50. The Labute approximate surface area is 99.4 Å². The highest BCUT2D eigenvalue weighted by Crippen LogP contribution is 2.23. The van der Waals surface area contributed by atoms with E-state index in [2.05, 4.69) is 4.74 Å². The number of rotatable bonds is 5. The summed E-state index contributed by atoms with van der Waals surface area (Å²) in [5.41, 5.74) is -1.76. The van der Waals surface area contributed by atoms with Gasteiger partial charge in [0, 0.05) is 0 Å². The molecule has 0 atom stereocenters. The number of amides is 1. The van der Waals surface area contributed by atoms with Gasteiger partial charge in [0.25, 0.3) is 0 Å². The van der Waals surface area contributed by atoms with Crippen molar-refractivity contribution in [1.82, 2.24) is 5.32 Å². The van der Waals surface area contributed by atoms with E-state index in [1.807, 2.05) is 0 Å². The third-order valence-corrected chi connectivity index (χ3v) is 1.46. The summed E-state index contributed by atoms with van der Waals surface area (Å²) in [7, 11) is 0. The fourth-order valence-electron chi connectivity index (χ4n) is 0.850. The zero-order valence-corrected chi connectivity index (χ0v) is 9.21. The molecule has 0 radical (unpaired) electrons. The molecule has 0 saturated carbocycles.